The van der Waals surface area contributed by atoms with Crippen LogP contribution in [0.1, 0.15) is 70.2 Å². The van der Waals surface area contributed by atoms with Gasteiger partial charge < -0.3 is 24.4 Å². The van der Waals surface area contributed by atoms with Crippen LogP contribution in [0, 0.1) is 20.8 Å². The van der Waals surface area contributed by atoms with Crippen molar-refractivity contribution >= 4 is 62.4 Å². The largest absolute Gasteiger partial charge is 0.458 e. The van der Waals surface area contributed by atoms with E-state index in [1.54, 1.807) is 85.7 Å². The number of carbonyl (C=O) groups is 4. The molecular weight excluding hydrogens is 749 g/mol. The minimum Gasteiger partial charge on any atom is -0.458 e. The van der Waals surface area contributed by atoms with E-state index >= 15 is 0 Å². The molecule has 55 heavy (non-hydrogen) atoms. The zero-order valence-corrected chi connectivity index (χ0v) is 35.1. The third-order valence-electron chi connectivity index (χ3n) is 7.47. The Morgan fingerprint density at radius 1 is 0.927 bits per heavy atom. The number of sulfonamides is 1. The lowest BCUT2D eigenvalue weighted by Gasteiger charge is -2.22. The molecule has 1 heterocycles. The molecule has 0 bridgehead atoms. The van der Waals surface area contributed by atoms with Crippen LogP contribution in [0.4, 0.5) is 15.3 Å². The molecule has 302 valence electrons. The number of carbonyl (C=O) groups excluding carboxylic acids is 4. The summed E-state index contributed by atoms with van der Waals surface area (Å²) in [5, 5.41) is 7.08. The first-order valence-electron chi connectivity index (χ1n) is 17.8. The fourth-order valence-electron chi connectivity index (χ4n) is 5.34. The maximum absolute atomic E-state index is 13.6. The molecule has 5 N–H and O–H groups in total. The van der Waals surface area contributed by atoms with Crippen molar-refractivity contribution in [1.29, 1.82) is 0 Å². The monoisotopic (exact) mass is 803 g/mol. The fraction of sp³-hybridized carbons (Fsp3) is 0.500. The topological polar surface area (TPSA) is 195 Å². The molecule has 2 unspecified atom stereocenters. The number of amides is 3. The molecule has 3 rings (SSSR count). The van der Waals surface area contributed by atoms with Gasteiger partial charge in [0.2, 0.25) is 21.9 Å². The number of benzene rings is 2. The van der Waals surface area contributed by atoms with Crippen molar-refractivity contribution in [2.24, 2.45) is 4.99 Å². The van der Waals surface area contributed by atoms with Crippen LogP contribution >= 0.6 is 11.8 Å². The number of quaternary nitrogens is 1. The highest BCUT2D eigenvalue weighted by atomic mass is 32.2. The molecule has 0 aromatic heterocycles. The van der Waals surface area contributed by atoms with Gasteiger partial charge in [-0.3, -0.25) is 20.2 Å². The summed E-state index contributed by atoms with van der Waals surface area (Å²) in [5.74, 6) is -1.41. The maximum atomic E-state index is 13.6. The van der Waals surface area contributed by atoms with Crippen LogP contribution < -0.4 is 25.6 Å². The third kappa shape index (κ3) is 15.0. The van der Waals surface area contributed by atoms with Crippen molar-refractivity contribution in [2.45, 2.75) is 96.1 Å². The summed E-state index contributed by atoms with van der Waals surface area (Å²) in [4.78, 5) is 58.0. The SMILES string of the molecule is Cc1cc(C)c(S(=O)(=O)NC(CNC(=O)C2CC=C(c3cccc(N=C(NC(=O)OC(C)(C)C)NC(=O)OC(C)(C)C)c3)S2)C(=O)OCC[NH+](C)C)c(C)c1. The average Bonchev–Trinajstić information content (AvgIpc) is 3.51. The Bertz CT molecular complexity index is 1860. The van der Waals surface area contributed by atoms with E-state index in [0.717, 1.165) is 20.9 Å². The molecule has 17 heteroatoms. The number of likely N-dealkylation sites (N-methyl/N-ethyl adjacent to an activating group) is 1. The molecule has 0 spiro atoms. The number of nitrogens with zero attached hydrogens (tertiary/aromatic N) is 1. The van der Waals surface area contributed by atoms with Crippen molar-refractivity contribution in [3.05, 3.63) is 64.7 Å². The Morgan fingerprint density at radius 3 is 2.05 bits per heavy atom. The Hall–Kier alpha value is -4.45. The number of thioether (sulfide) groups is 1. The molecular formula is C38H55N6O9S2+. The molecule has 0 saturated heterocycles. The highest BCUT2D eigenvalue weighted by Gasteiger charge is 2.32. The Kier molecular flexibility index (Phi) is 15.5. The summed E-state index contributed by atoms with van der Waals surface area (Å²) in [6.07, 6.45) is 0.579. The number of hydrogen-bond donors (Lipinski definition) is 5. The van der Waals surface area contributed by atoms with E-state index in [1.807, 2.05) is 33.2 Å². The Labute approximate surface area is 328 Å². The fourth-order valence-corrected chi connectivity index (χ4v) is 8.12. The predicted molar refractivity (Wildman–Crippen MR) is 213 cm³/mol. The minimum atomic E-state index is -4.17. The van der Waals surface area contributed by atoms with Gasteiger partial charge in [-0.1, -0.05) is 35.9 Å². The van der Waals surface area contributed by atoms with Crippen LogP contribution in [0.15, 0.2) is 52.4 Å². The van der Waals surface area contributed by atoms with Gasteiger partial charge in [-0.15, -0.1) is 11.8 Å². The summed E-state index contributed by atoms with van der Waals surface area (Å²) in [7, 11) is -0.380. The maximum Gasteiger partial charge on any atom is 0.414 e. The normalized spacial score (nSPS) is 15.1. The molecule has 0 radical (unpaired) electrons. The van der Waals surface area contributed by atoms with Crippen LogP contribution in [0.5, 0.6) is 0 Å². The van der Waals surface area contributed by atoms with Gasteiger partial charge in [-0.05, 0) is 97.6 Å². The number of ether oxygens (including phenoxy) is 3. The number of rotatable bonds is 12. The summed E-state index contributed by atoms with van der Waals surface area (Å²) < 4.78 is 45.7. The first-order chi connectivity index (χ1) is 25.4. The number of allylic oxidation sites excluding steroid dienone is 1. The Morgan fingerprint density at radius 2 is 1.51 bits per heavy atom. The second-order valence-electron chi connectivity index (χ2n) is 15.4. The van der Waals surface area contributed by atoms with Gasteiger partial charge in [0.1, 0.15) is 30.4 Å². The van der Waals surface area contributed by atoms with Gasteiger partial charge in [0, 0.05) is 11.4 Å². The molecule has 3 amide bonds. The molecule has 15 nitrogen and oxygen atoms in total. The van der Waals surface area contributed by atoms with E-state index in [0.29, 0.717) is 29.8 Å². The van der Waals surface area contributed by atoms with E-state index in [-0.39, 0.29) is 24.0 Å². The van der Waals surface area contributed by atoms with Crippen LogP contribution in [0.25, 0.3) is 4.91 Å². The number of nitrogens with one attached hydrogen (secondary N) is 5. The Balaban J connectivity index is 1.75. The van der Waals surface area contributed by atoms with E-state index < -0.39 is 56.6 Å². The third-order valence-corrected chi connectivity index (χ3v) is 10.6. The van der Waals surface area contributed by atoms with Gasteiger partial charge >= 0.3 is 18.2 Å². The lowest BCUT2D eigenvalue weighted by atomic mass is 10.1. The van der Waals surface area contributed by atoms with Crippen LogP contribution in [-0.2, 0) is 33.8 Å². The van der Waals surface area contributed by atoms with Gasteiger partial charge in [0.05, 0.1) is 29.9 Å². The predicted octanol–water partition coefficient (Wildman–Crippen LogP) is 3.65. The number of aliphatic imine (C=N–C) groups is 1. The standard InChI is InChI=1S/C38H54N6O9S2/c1-23-19-24(2)31(25(3)20-23)55(49,50)43-28(33(46)51-18-17-44(10)11)22-39-32(45)30-16-15-29(54-30)26-13-12-14-27(21-26)40-34(41-35(47)52-37(4,5)6)42-36(48)53-38(7,8)9/h12-15,19-21,28,30,43H,16-18,22H2,1-11H3,(H,39,45)(H2,40,41,42,47,48)/p+1. The zero-order valence-electron chi connectivity index (χ0n) is 33.5. The highest BCUT2D eigenvalue weighted by Crippen LogP contribution is 2.40. The van der Waals surface area contributed by atoms with Crippen LogP contribution in [-0.4, -0.2) is 94.7 Å². The smallest absolute Gasteiger partial charge is 0.414 e. The average molecular weight is 804 g/mol. The summed E-state index contributed by atoms with van der Waals surface area (Å²) in [6, 6.07) is 9.07. The quantitative estimate of drug-likeness (QED) is 0.0916. The highest BCUT2D eigenvalue weighted by molar-refractivity contribution is 8.09. The summed E-state index contributed by atoms with van der Waals surface area (Å²) in [5.41, 5.74) is 1.45. The van der Waals surface area contributed by atoms with E-state index in [9.17, 15) is 27.6 Å². The molecule has 0 saturated carbocycles. The molecule has 1 aliphatic rings. The van der Waals surface area contributed by atoms with Gasteiger partial charge in [0.25, 0.3) is 0 Å². The van der Waals surface area contributed by atoms with Crippen molar-refractivity contribution in [3.8, 4) is 0 Å². The second-order valence-corrected chi connectivity index (χ2v) is 18.3. The number of hydrogen-bond acceptors (Lipinski definition) is 11. The molecule has 2 atom stereocenters. The molecule has 1 aliphatic heterocycles. The number of guanidine groups is 1. The van der Waals surface area contributed by atoms with Crippen molar-refractivity contribution in [2.75, 3.05) is 33.8 Å². The van der Waals surface area contributed by atoms with E-state index in [2.05, 4.69) is 25.7 Å². The summed E-state index contributed by atoms with van der Waals surface area (Å²) in [6.45, 7) is 15.7. The van der Waals surface area contributed by atoms with E-state index in [1.165, 1.54) is 11.8 Å². The van der Waals surface area contributed by atoms with Crippen LogP contribution in [0.2, 0.25) is 0 Å². The van der Waals surface area contributed by atoms with Gasteiger partial charge in [-0.25, -0.2) is 23.0 Å². The molecule has 0 aliphatic carbocycles. The molecule has 2 aromatic rings. The van der Waals surface area contributed by atoms with Crippen molar-refractivity contribution < 1.29 is 46.7 Å². The van der Waals surface area contributed by atoms with Crippen molar-refractivity contribution in [3.63, 3.8) is 0 Å². The van der Waals surface area contributed by atoms with E-state index in [4.69, 9.17) is 14.2 Å². The minimum absolute atomic E-state index is 0.0695. The molecule has 0 fully saturated rings. The van der Waals surface area contributed by atoms with Crippen LogP contribution in [0.3, 0.4) is 0 Å². The number of aryl methyl sites for hydroxylation is 3. The second kappa shape index (κ2) is 18.9. The van der Waals surface area contributed by atoms with Gasteiger partial charge in [0.15, 0.2) is 0 Å². The molecule has 2 aromatic carbocycles. The van der Waals surface area contributed by atoms with Crippen molar-refractivity contribution in [1.82, 2.24) is 20.7 Å². The lowest BCUT2D eigenvalue weighted by Crippen LogP contribution is -3.06. The first-order valence-corrected chi connectivity index (χ1v) is 20.2. The number of esters is 1. The number of alkyl carbamates (subject to hydrolysis) is 2. The summed E-state index contributed by atoms with van der Waals surface area (Å²) >= 11 is 1.29. The first kappa shape index (κ1) is 44.9. The zero-order chi connectivity index (χ0) is 41.3. The van der Waals surface area contributed by atoms with Gasteiger partial charge in [-0.2, -0.15) is 4.72 Å². The lowest BCUT2D eigenvalue weighted by molar-refractivity contribution is -0.858.